The number of carbonyl (C=O) groups is 1. The first-order valence-corrected chi connectivity index (χ1v) is 5.24. The van der Waals surface area contributed by atoms with Gasteiger partial charge in [0, 0.05) is 31.5 Å². The van der Waals surface area contributed by atoms with Gasteiger partial charge in [-0.2, -0.15) is 0 Å². The Labute approximate surface area is 79.5 Å². The molecule has 1 N–H and O–H groups in total. The van der Waals surface area contributed by atoms with E-state index in [1.54, 1.807) is 0 Å². The van der Waals surface area contributed by atoms with Crippen molar-refractivity contribution in [3.8, 4) is 0 Å². The second kappa shape index (κ2) is 3.29. The van der Waals surface area contributed by atoms with Crippen LogP contribution in [-0.2, 0) is 4.79 Å². The lowest BCUT2D eigenvalue weighted by Crippen LogP contribution is -2.63. The summed E-state index contributed by atoms with van der Waals surface area (Å²) in [4.78, 5) is 13.3. The molecule has 0 aliphatic carbocycles. The highest BCUT2D eigenvalue weighted by Crippen LogP contribution is 2.36. The topological polar surface area (TPSA) is 32.3 Å². The first-order valence-electron chi connectivity index (χ1n) is 5.24. The van der Waals surface area contributed by atoms with Gasteiger partial charge in [0.2, 0.25) is 5.91 Å². The lowest BCUT2D eigenvalue weighted by Gasteiger charge is -2.52. The molecule has 0 bridgehead atoms. The molecule has 0 aromatic carbocycles. The first kappa shape index (κ1) is 9.00. The highest BCUT2D eigenvalue weighted by Gasteiger charge is 2.44. The largest absolute Gasteiger partial charge is 0.341 e. The Morgan fingerprint density at radius 2 is 2.31 bits per heavy atom. The molecule has 3 nitrogen and oxygen atoms in total. The normalized spacial score (nSPS) is 25.8. The number of carbonyl (C=O) groups excluding carboxylic acids is 1. The van der Waals surface area contributed by atoms with Crippen molar-refractivity contribution in [3.63, 3.8) is 0 Å². The number of nitrogens with one attached hydrogen (secondary N) is 1. The molecule has 1 amide bonds. The van der Waals surface area contributed by atoms with E-state index in [1.165, 1.54) is 12.8 Å². The lowest BCUT2D eigenvalue weighted by molar-refractivity contribution is -0.144. The molecule has 0 atom stereocenters. The fraction of sp³-hybridized carbons (Fsp3) is 0.900. The zero-order chi connectivity index (χ0) is 9.31. The molecule has 2 heterocycles. The number of nitrogens with zero attached hydrogens (tertiary/aromatic N) is 1. The van der Waals surface area contributed by atoms with E-state index in [0.717, 1.165) is 26.2 Å². The average Bonchev–Trinajstić information content (AvgIpc) is 2.14. The zero-order valence-corrected chi connectivity index (χ0v) is 8.31. The summed E-state index contributed by atoms with van der Waals surface area (Å²) in [6.07, 6.45) is 3.23. The fourth-order valence-electron chi connectivity index (χ4n) is 2.46. The van der Waals surface area contributed by atoms with Crippen LogP contribution < -0.4 is 5.32 Å². The Balaban J connectivity index is 1.85. The summed E-state index contributed by atoms with van der Waals surface area (Å²) in [5.74, 6) is 0.316. The molecule has 13 heavy (non-hydrogen) atoms. The smallest absolute Gasteiger partial charge is 0.222 e. The molecule has 2 aliphatic rings. The molecule has 2 fully saturated rings. The number of amides is 1. The summed E-state index contributed by atoms with van der Waals surface area (Å²) in [5, 5.41) is 3.42. The van der Waals surface area contributed by atoms with Crippen molar-refractivity contribution in [2.45, 2.75) is 26.2 Å². The Bertz CT molecular complexity index is 201. The van der Waals surface area contributed by atoms with Gasteiger partial charge < -0.3 is 10.2 Å². The number of piperidine rings is 1. The zero-order valence-electron chi connectivity index (χ0n) is 8.31. The van der Waals surface area contributed by atoms with Crippen LogP contribution in [0.4, 0.5) is 0 Å². The third kappa shape index (κ3) is 1.57. The minimum atomic E-state index is 0.316. The van der Waals surface area contributed by atoms with E-state index in [9.17, 15) is 4.79 Å². The SMILES string of the molecule is CCC(=O)N1CC2(CCCNC2)C1. The average molecular weight is 182 g/mol. The molecular formula is C10H18N2O. The Morgan fingerprint density at radius 3 is 2.85 bits per heavy atom. The Kier molecular flexibility index (Phi) is 2.28. The highest BCUT2D eigenvalue weighted by atomic mass is 16.2. The molecule has 0 aromatic heterocycles. The standard InChI is InChI=1S/C10H18N2O/c1-2-9(13)12-7-10(8-12)4-3-5-11-6-10/h11H,2-8H2,1H3. The van der Waals surface area contributed by atoms with Crippen LogP contribution in [0.1, 0.15) is 26.2 Å². The van der Waals surface area contributed by atoms with E-state index < -0.39 is 0 Å². The summed E-state index contributed by atoms with van der Waals surface area (Å²) in [6, 6.07) is 0. The van der Waals surface area contributed by atoms with Crippen molar-refractivity contribution in [1.29, 1.82) is 0 Å². The highest BCUT2D eigenvalue weighted by molar-refractivity contribution is 5.76. The van der Waals surface area contributed by atoms with Gasteiger partial charge in [-0.15, -0.1) is 0 Å². The van der Waals surface area contributed by atoms with Crippen molar-refractivity contribution >= 4 is 5.91 Å². The van der Waals surface area contributed by atoms with Crippen molar-refractivity contribution in [3.05, 3.63) is 0 Å². The summed E-state index contributed by atoms with van der Waals surface area (Å²) in [6.45, 7) is 6.19. The van der Waals surface area contributed by atoms with Crippen molar-refractivity contribution < 1.29 is 4.79 Å². The van der Waals surface area contributed by atoms with Crippen molar-refractivity contribution in [2.75, 3.05) is 26.2 Å². The quantitative estimate of drug-likeness (QED) is 0.644. The van der Waals surface area contributed by atoms with Gasteiger partial charge in [-0.25, -0.2) is 0 Å². The van der Waals surface area contributed by atoms with Gasteiger partial charge in [0.1, 0.15) is 0 Å². The fourth-order valence-corrected chi connectivity index (χ4v) is 2.46. The monoisotopic (exact) mass is 182 g/mol. The Morgan fingerprint density at radius 1 is 1.54 bits per heavy atom. The number of likely N-dealkylation sites (tertiary alicyclic amines) is 1. The van der Waals surface area contributed by atoms with Gasteiger partial charge in [0.25, 0.3) is 0 Å². The Hall–Kier alpha value is -0.570. The molecule has 2 aliphatic heterocycles. The van der Waals surface area contributed by atoms with Gasteiger partial charge in [-0.05, 0) is 19.4 Å². The van der Waals surface area contributed by atoms with Crippen LogP contribution in [0.5, 0.6) is 0 Å². The molecule has 2 saturated heterocycles. The minimum Gasteiger partial charge on any atom is -0.341 e. The molecule has 0 saturated carbocycles. The maximum Gasteiger partial charge on any atom is 0.222 e. The van der Waals surface area contributed by atoms with Crippen molar-refractivity contribution in [2.24, 2.45) is 5.41 Å². The summed E-state index contributed by atoms with van der Waals surface area (Å²) in [5.41, 5.74) is 0.448. The van der Waals surface area contributed by atoms with Gasteiger partial charge in [0.05, 0.1) is 0 Å². The molecule has 3 heteroatoms. The summed E-state index contributed by atoms with van der Waals surface area (Å²) >= 11 is 0. The van der Waals surface area contributed by atoms with E-state index in [2.05, 4.69) is 5.32 Å². The second-order valence-electron chi connectivity index (χ2n) is 4.38. The molecule has 0 aromatic rings. The number of rotatable bonds is 1. The van der Waals surface area contributed by atoms with Gasteiger partial charge >= 0.3 is 0 Å². The van der Waals surface area contributed by atoms with Crippen LogP contribution in [0.2, 0.25) is 0 Å². The van der Waals surface area contributed by atoms with Crippen LogP contribution >= 0.6 is 0 Å². The number of hydrogen-bond acceptors (Lipinski definition) is 2. The lowest BCUT2D eigenvalue weighted by atomic mass is 9.74. The molecule has 1 spiro atoms. The molecular weight excluding hydrogens is 164 g/mol. The molecule has 0 radical (unpaired) electrons. The maximum absolute atomic E-state index is 11.3. The second-order valence-corrected chi connectivity index (χ2v) is 4.38. The van der Waals surface area contributed by atoms with E-state index in [1.807, 2.05) is 11.8 Å². The summed E-state index contributed by atoms with van der Waals surface area (Å²) in [7, 11) is 0. The predicted molar refractivity (Wildman–Crippen MR) is 51.4 cm³/mol. The van der Waals surface area contributed by atoms with Crippen molar-refractivity contribution in [1.82, 2.24) is 10.2 Å². The van der Waals surface area contributed by atoms with Gasteiger partial charge in [0.15, 0.2) is 0 Å². The first-order chi connectivity index (χ1) is 6.26. The van der Waals surface area contributed by atoms with Crippen LogP contribution in [0.25, 0.3) is 0 Å². The third-order valence-corrected chi connectivity index (χ3v) is 3.27. The summed E-state index contributed by atoms with van der Waals surface area (Å²) < 4.78 is 0. The van der Waals surface area contributed by atoms with E-state index in [0.29, 0.717) is 17.7 Å². The van der Waals surface area contributed by atoms with E-state index in [-0.39, 0.29) is 0 Å². The third-order valence-electron chi connectivity index (χ3n) is 3.27. The minimum absolute atomic E-state index is 0.316. The van der Waals surface area contributed by atoms with Crippen LogP contribution in [-0.4, -0.2) is 37.0 Å². The van der Waals surface area contributed by atoms with E-state index in [4.69, 9.17) is 0 Å². The molecule has 0 unspecified atom stereocenters. The van der Waals surface area contributed by atoms with Crippen LogP contribution in [0.3, 0.4) is 0 Å². The van der Waals surface area contributed by atoms with Crippen LogP contribution in [0, 0.1) is 5.41 Å². The van der Waals surface area contributed by atoms with E-state index >= 15 is 0 Å². The number of hydrogen-bond donors (Lipinski definition) is 1. The molecule has 2 rings (SSSR count). The predicted octanol–water partition coefficient (Wildman–Crippen LogP) is 0.608. The maximum atomic E-state index is 11.3. The van der Waals surface area contributed by atoms with Gasteiger partial charge in [-0.1, -0.05) is 6.92 Å². The van der Waals surface area contributed by atoms with Crippen LogP contribution in [0.15, 0.2) is 0 Å². The molecule has 74 valence electrons. The van der Waals surface area contributed by atoms with Gasteiger partial charge in [-0.3, -0.25) is 4.79 Å².